The molecule has 37 heavy (non-hydrogen) atoms. The van der Waals surface area contributed by atoms with Gasteiger partial charge in [0.15, 0.2) is 0 Å². The van der Waals surface area contributed by atoms with Crippen molar-refractivity contribution in [2.45, 2.75) is 39.5 Å². The zero-order valence-electron chi connectivity index (χ0n) is 21.5. The second kappa shape index (κ2) is 9.28. The van der Waals surface area contributed by atoms with Crippen LogP contribution in [0.2, 0.25) is 0 Å². The lowest BCUT2D eigenvalue weighted by Crippen LogP contribution is -2.09. The van der Waals surface area contributed by atoms with Gasteiger partial charge in [0.05, 0.1) is 16.7 Å². The van der Waals surface area contributed by atoms with E-state index in [9.17, 15) is 4.39 Å². The summed E-state index contributed by atoms with van der Waals surface area (Å²) in [7, 11) is 0. The summed E-state index contributed by atoms with van der Waals surface area (Å²) in [5, 5.41) is 3.02. The SMILES string of the molecule is CC(C)c1cc(-c2ccccc2)cc(C(C)C)c1-n1c(-c2csc3ccc(F)cc23)nc2ccccc21. The second-order valence-corrected chi connectivity index (χ2v) is 11.1. The summed E-state index contributed by atoms with van der Waals surface area (Å²) in [6, 6.07) is 28.6. The van der Waals surface area contributed by atoms with E-state index in [2.05, 4.69) is 98.3 Å². The smallest absolute Gasteiger partial charge is 0.147 e. The fraction of sp³-hybridized carbons (Fsp3) is 0.182. The summed E-state index contributed by atoms with van der Waals surface area (Å²) in [5.74, 6) is 1.21. The van der Waals surface area contributed by atoms with E-state index in [0.29, 0.717) is 11.8 Å². The van der Waals surface area contributed by atoms with E-state index in [1.54, 1.807) is 17.4 Å². The Morgan fingerprint density at radius 3 is 2.14 bits per heavy atom. The van der Waals surface area contributed by atoms with Crippen LogP contribution in [0.1, 0.15) is 50.7 Å². The number of benzene rings is 4. The lowest BCUT2D eigenvalue weighted by atomic mass is 9.88. The molecule has 0 N–H and O–H groups in total. The molecule has 2 aromatic heterocycles. The first-order valence-corrected chi connectivity index (χ1v) is 13.7. The maximum Gasteiger partial charge on any atom is 0.147 e. The molecule has 0 amide bonds. The van der Waals surface area contributed by atoms with E-state index in [1.807, 2.05) is 12.1 Å². The summed E-state index contributed by atoms with van der Waals surface area (Å²) in [6.07, 6.45) is 0. The number of imidazole rings is 1. The van der Waals surface area contributed by atoms with E-state index in [0.717, 1.165) is 32.5 Å². The normalized spacial score (nSPS) is 11.9. The summed E-state index contributed by atoms with van der Waals surface area (Å²) in [6.45, 7) is 9.02. The Morgan fingerprint density at radius 1 is 0.757 bits per heavy atom. The topological polar surface area (TPSA) is 17.8 Å². The van der Waals surface area contributed by atoms with Crippen molar-refractivity contribution in [3.05, 3.63) is 107 Å². The molecule has 4 heteroatoms. The zero-order valence-corrected chi connectivity index (χ0v) is 22.3. The van der Waals surface area contributed by atoms with Gasteiger partial charge in [0.2, 0.25) is 0 Å². The second-order valence-electron chi connectivity index (χ2n) is 10.2. The van der Waals surface area contributed by atoms with Crippen LogP contribution in [-0.2, 0) is 0 Å². The van der Waals surface area contributed by atoms with Gasteiger partial charge in [0.25, 0.3) is 0 Å². The largest absolute Gasteiger partial charge is 0.292 e. The highest BCUT2D eigenvalue weighted by Crippen LogP contribution is 2.42. The zero-order chi connectivity index (χ0) is 25.7. The molecule has 0 saturated heterocycles. The maximum absolute atomic E-state index is 14.4. The fourth-order valence-corrected chi connectivity index (χ4v) is 6.14. The molecule has 0 bridgehead atoms. The third-order valence-electron chi connectivity index (χ3n) is 7.08. The minimum Gasteiger partial charge on any atom is -0.292 e. The van der Waals surface area contributed by atoms with Crippen LogP contribution in [0, 0.1) is 5.82 Å². The average Bonchev–Trinajstić information content (AvgIpc) is 3.49. The van der Waals surface area contributed by atoms with Gasteiger partial charge >= 0.3 is 0 Å². The fourth-order valence-electron chi connectivity index (χ4n) is 5.22. The Morgan fingerprint density at radius 2 is 1.43 bits per heavy atom. The Bertz CT molecular complexity index is 1710. The van der Waals surface area contributed by atoms with Crippen molar-refractivity contribution < 1.29 is 4.39 Å². The van der Waals surface area contributed by atoms with Crippen molar-refractivity contribution in [3.8, 4) is 28.2 Å². The minimum atomic E-state index is -0.229. The number of thiophene rings is 1. The van der Waals surface area contributed by atoms with Crippen LogP contribution >= 0.6 is 11.3 Å². The van der Waals surface area contributed by atoms with Crippen molar-refractivity contribution in [2.24, 2.45) is 0 Å². The molecule has 0 unspecified atom stereocenters. The molecule has 2 heterocycles. The molecule has 0 aliphatic heterocycles. The van der Waals surface area contributed by atoms with Crippen LogP contribution in [-0.4, -0.2) is 9.55 Å². The summed E-state index contributed by atoms with van der Waals surface area (Å²) in [5.41, 5.74) is 9.14. The molecular weight excluding hydrogens is 475 g/mol. The van der Waals surface area contributed by atoms with Gasteiger partial charge in [0, 0.05) is 21.0 Å². The highest BCUT2D eigenvalue weighted by molar-refractivity contribution is 7.17. The monoisotopic (exact) mass is 504 g/mol. The summed E-state index contributed by atoms with van der Waals surface area (Å²) < 4.78 is 17.7. The number of para-hydroxylation sites is 2. The molecule has 0 atom stereocenters. The van der Waals surface area contributed by atoms with Crippen LogP contribution < -0.4 is 0 Å². The Balaban J connectivity index is 1.72. The number of hydrogen-bond acceptors (Lipinski definition) is 2. The first-order valence-electron chi connectivity index (χ1n) is 12.8. The number of nitrogens with zero attached hydrogens (tertiary/aromatic N) is 2. The summed E-state index contributed by atoms with van der Waals surface area (Å²) in [4.78, 5) is 5.14. The van der Waals surface area contributed by atoms with Crippen molar-refractivity contribution in [1.82, 2.24) is 9.55 Å². The molecule has 4 aromatic carbocycles. The van der Waals surface area contributed by atoms with Gasteiger partial charge < -0.3 is 0 Å². The molecule has 184 valence electrons. The highest BCUT2D eigenvalue weighted by atomic mass is 32.1. The average molecular weight is 505 g/mol. The van der Waals surface area contributed by atoms with Crippen LogP contribution in [0.25, 0.3) is 49.3 Å². The van der Waals surface area contributed by atoms with Gasteiger partial charge in [-0.25, -0.2) is 9.37 Å². The van der Waals surface area contributed by atoms with E-state index in [4.69, 9.17) is 4.98 Å². The first kappa shape index (κ1) is 23.6. The van der Waals surface area contributed by atoms with Crippen molar-refractivity contribution in [3.63, 3.8) is 0 Å². The van der Waals surface area contributed by atoms with E-state index < -0.39 is 0 Å². The number of aromatic nitrogens is 2. The number of fused-ring (bicyclic) bond motifs is 2. The molecule has 0 aliphatic rings. The molecule has 0 radical (unpaired) electrons. The van der Waals surface area contributed by atoms with Gasteiger partial charge in [-0.1, -0.05) is 70.2 Å². The first-order chi connectivity index (χ1) is 17.9. The van der Waals surface area contributed by atoms with Crippen LogP contribution in [0.15, 0.2) is 90.3 Å². The van der Waals surface area contributed by atoms with Crippen LogP contribution in [0.5, 0.6) is 0 Å². The standard InChI is InChI=1S/C33H29FN2S/c1-20(2)25-16-23(22-10-6-5-7-11-22)17-26(21(3)4)32(25)36-30-13-9-8-12-29(30)35-33(36)28-19-37-31-15-14-24(34)18-27(28)31/h5-21H,1-4H3. The van der Waals surface area contributed by atoms with E-state index >= 15 is 0 Å². The van der Waals surface area contributed by atoms with E-state index in [1.165, 1.54) is 34.0 Å². The molecule has 0 saturated carbocycles. The predicted molar refractivity (Wildman–Crippen MR) is 155 cm³/mol. The molecule has 6 rings (SSSR count). The molecule has 0 fully saturated rings. The molecule has 0 spiro atoms. The van der Waals surface area contributed by atoms with Crippen LogP contribution in [0.4, 0.5) is 4.39 Å². The van der Waals surface area contributed by atoms with Gasteiger partial charge in [0.1, 0.15) is 11.6 Å². The Hall–Kier alpha value is -3.76. The Labute approximate surface area is 221 Å². The van der Waals surface area contributed by atoms with Crippen LogP contribution in [0.3, 0.4) is 0 Å². The van der Waals surface area contributed by atoms with Crippen molar-refractivity contribution in [1.29, 1.82) is 0 Å². The molecular formula is C33H29FN2S. The van der Waals surface area contributed by atoms with E-state index in [-0.39, 0.29) is 5.82 Å². The quantitative estimate of drug-likeness (QED) is 0.228. The third-order valence-corrected chi connectivity index (χ3v) is 8.04. The maximum atomic E-state index is 14.4. The Kier molecular flexibility index (Phi) is 5.92. The highest BCUT2D eigenvalue weighted by Gasteiger charge is 2.24. The van der Waals surface area contributed by atoms with Gasteiger partial charge in [-0.15, -0.1) is 11.3 Å². The number of hydrogen-bond donors (Lipinski definition) is 0. The lowest BCUT2D eigenvalue weighted by Gasteiger charge is -2.24. The van der Waals surface area contributed by atoms with Gasteiger partial charge in [-0.3, -0.25) is 4.57 Å². The van der Waals surface area contributed by atoms with Crippen molar-refractivity contribution in [2.75, 3.05) is 0 Å². The minimum absolute atomic E-state index is 0.229. The van der Waals surface area contributed by atoms with Gasteiger partial charge in [-0.05, 0) is 76.6 Å². The number of halogens is 1. The lowest BCUT2D eigenvalue weighted by molar-refractivity contribution is 0.630. The molecule has 6 aromatic rings. The summed E-state index contributed by atoms with van der Waals surface area (Å²) >= 11 is 1.63. The van der Waals surface area contributed by atoms with Crippen molar-refractivity contribution >= 4 is 32.5 Å². The molecule has 0 aliphatic carbocycles. The predicted octanol–water partition coefficient (Wildman–Crippen LogP) is 9.96. The van der Waals surface area contributed by atoms with Gasteiger partial charge in [-0.2, -0.15) is 0 Å². The molecule has 2 nitrogen and oxygen atoms in total. The third kappa shape index (κ3) is 4.06. The number of rotatable bonds is 5.